The van der Waals surface area contributed by atoms with Gasteiger partial charge in [-0.1, -0.05) is 6.07 Å². The number of anilines is 2. The number of carbonyl (C=O) groups excluding carboxylic acids is 2. The Bertz CT molecular complexity index is 509. The molecular formula is C14H18N2O2. The number of rotatable bonds is 5. The molecule has 96 valence electrons. The number of primary amides is 1. The molecule has 2 N–H and O–H groups in total. The van der Waals surface area contributed by atoms with Crippen LogP contribution in [0.5, 0.6) is 0 Å². The van der Waals surface area contributed by atoms with Crippen LogP contribution >= 0.6 is 0 Å². The number of aryl methyl sites for hydroxylation is 1. The highest BCUT2D eigenvalue weighted by molar-refractivity contribution is 6.17. The first-order valence-electron chi connectivity index (χ1n) is 6.24. The maximum atomic E-state index is 12.0. The Labute approximate surface area is 107 Å². The van der Waals surface area contributed by atoms with Gasteiger partial charge in [0.2, 0.25) is 11.8 Å². The number of hydrogen-bond acceptors (Lipinski definition) is 2. The van der Waals surface area contributed by atoms with E-state index in [-0.39, 0.29) is 11.8 Å². The van der Waals surface area contributed by atoms with Gasteiger partial charge >= 0.3 is 0 Å². The molecule has 0 bridgehead atoms. The summed E-state index contributed by atoms with van der Waals surface area (Å²) in [7, 11) is 0. The SMILES string of the molecule is Cc1ccc2c(c1C)N2C(=O)CCCCC(N)=O. The fourth-order valence-corrected chi connectivity index (χ4v) is 2.15. The third kappa shape index (κ3) is 2.37. The van der Waals surface area contributed by atoms with Crippen molar-refractivity contribution in [3.05, 3.63) is 23.3 Å². The average molecular weight is 246 g/mol. The van der Waals surface area contributed by atoms with E-state index >= 15 is 0 Å². The molecule has 2 rings (SSSR count). The fourth-order valence-electron chi connectivity index (χ4n) is 2.15. The Morgan fingerprint density at radius 2 is 1.83 bits per heavy atom. The van der Waals surface area contributed by atoms with Crippen LogP contribution in [0.3, 0.4) is 0 Å². The van der Waals surface area contributed by atoms with E-state index in [1.807, 2.05) is 26.0 Å². The van der Waals surface area contributed by atoms with E-state index in [4.69, 9.17) is 5.73 Å². The first-order chi connectivity index (χ1) is 8.52. The highest BCUT2D eigenvalue weighted by Crippen LogP contribution is 2.51. The molecule has 2 amide bonds. The van der Waals surface area contributed by atoms with Gasteiger partial charge in [0.05, 0.1) is 11.4 Å². The average Bonchev–Trinajstić information content (AvgIpc) is 3.04. The zero-order valence-electron chi connectivity index (χ0n) is 10.8. The van der Waals surface area contributed by atoms with Crippen LogP contribution in [0.25, 0.3) is 0 Å². The maximum Gasteiger partial charge on any atom is 0.231 e. The smallest absolute Gasteiger partial charge is 0.231 e. The lowest BCUT2D eigenvalue weighted by Gasteiger charge is -2.02. The molecule has 1 aliphatic heterocycles. The van der Waals surface area contributed by atoms with Gasteiger partial charge in [-0.15, -0.1) is 0 Å². The topological polar surface area (TPSA) is 63.2 Å². The Morgan fingerprint density at radius 3 is 2.50 bits per heavy atom. The van der Waals surface area contributed by atoms with Crippen LogP contribution in [0.2, 0.25) is 0 Å². The molecule has 0 aliphatic carbocycles. The molecule has 0 unspecified atom stereocenters. The molecule has 0 aromatic heterocycles. The third-order valence-corrected chi connectivity index (χ3v) is 3.41. The zero-order chi connectivity index (χ0) is 13.3. The minimum Gasteiger partial charge on any atom is -0.370 e. The summed E-state index contributed by atoms with van der Waals surface area (Å²) >= 11 is 0. The first kappa shape index (κ1) is 12.6. The normalized spacial score (nSPS) is 12.2. The van der Waals surface area contributed by atoms with E-state index < -0.39 is 0 Å². The number of hydrogen-bond donors (Lipinski definition) is 1. The largest absolute Gasteiger partial charge is 0.370 e. The van der Waals surface area contributed by atoms with Gasteiger partial charge in [0.25, 0.3) is 0 Å². The summed E-state index contributed by atoms with van der Waals surface area (Å²) < 4.78 is 0. The molecule has 18 heavy (non-hydrogen) atoms. The number of benzene rings is 1. The lowest BCUT2D eigenvalue weighted by atomic mass is 10.1. The van der Waals surface area contributed by atoms with Gasteiger partial charge in [0, 0.05) is 12.8 Å². The Kier molecular flexibility index (Phi) is 3.36. The van der Waals surface area contributed by atoms with Gasteiger partial charge in [0.15, 0.2) is 0 Å². The third-order valence-electron chi connectivity index (χ3n) is 3.41. The molecule has 1 aromatic carbocycles. The number of nitrogens with zero attached hydrogens (tertiary/aromatic N) is 1. The standard InChI is InChI=1S/C14H18N2O2/c1-9-7-8-11-14(10(9)2)16(11)13(18)6-4-3-5-12(15)17/h7-8H,3-6H2,1-2H3,(H2,15,17). The van der Waals surface area contributed by atoms with Crippen molar-refractivity contribution in [2.45, 2.75) is 39.5 Å². The van der Waals surface area contributed by atoms with E-state index in [9.17, 15) is 9.59 Å². The van der Waals surface area contributed by atoms with Crippen molar-refractivity contribution in [2.24, 2.45) is 5.73 Å². The van der Waals surface area contributed by atoms with E-state index in [0.717, 1.165) is 11.4 Å². The highest BCUT2D eigenvalue weighted by Gasteiger charge is 2.36. The summed E-state index contributed by atoms with van der Waals surface area (Å²) in [6.45, 7) is 4.08. The molecule has 4 nitrogen and oxygen atoms in total. The number of fused-ring (bicyclic) bond motifs is 1. The molecule has 0 saturated heterocycles. The van der Waals surface area contributed by atoms with Crippen LogP contribution in [0, 0.1) is 13.8 Å². The molecule has 0 spiro atoms. The van der Waals surface area contributed by atoms with Crippen LogP contribution in [-0.4, -0.2) is 11.8 Å². The van der Waals surface area contributed by atoms with E-state index in [0.29, 0.717) is 25.7 Å². The number of amides is 2. The fraction of sp³-hybridized carbons (Fsp3) is 0.429. The van der Waals surface area contributed by atoms with Gasteiger partial charge < -0.3 is 5.73 Å². The Hall–Kier alpha value is -1.84. The number of carbonyl (C=O) groups is 2. The van der Waals surface area contributed by atoms with Crippen molar-refractivity contribution in [3.63, 3.8) is 0 Å². The van der Waals surface area contributed by atoms with Gasteiger partial charge in [0.1, 0.15) is 0 Å². The molecule has 1 heterocycles. The molecule has 0 fully saturated rings. The molecule has 0 atom stereocenters. The summed E-state index contributed by atoms with van der Waals surface area (Å²) in [5, 5.41) is 0. The van der Waals surface area contributed by atoms with Crippen LogP contribution in [0.4, 0.5) is 11.4 Å². The predicted octanol–water partition coefficient (Wildman–Crippen LogP) is 2.33. The molecule has 4 heteroatoms. The van der Waals surface area contributed by atoms with Crippen LogP contribution in [-0.2, 0) is 9.59 Å². The summed E-state index contributed by atoms with van der Waals surface area (Å²) in [5.41, 5.74) is 9.53. The quantitative estimate of drug-likeness (QED) is 0.640. The second-order valence-electron chi connectivity index (χ2n) is 4.78. The van der Waals surface area contributed by atoms with Crippen LogP contribution in [0.15, 0.2) is 12.1 Å². The van der Waals surface area contributed by atoms with Crippen LogP contribution in [0.1, 0.15) is 36.8 Å². The second-order valence-corrected chi connectivity index (χ2v) is 4.78. The first-order valence-corrected chi connectivity index (χ1v) is 6.24. The van der Waals surface area contributed by atoms with Crippen molar-refractivity contribution in [1.82, 2.24) is 0 Å². The maximum absolute atomic E-state index is 12.0. The Morgan fingerprint density at radius 1 is 1.17 bits per heavy atom. The minimum absolute atomic E-state index is 0.114. The molecular weight excluding hydrogens is 228 g/mol. The molecule has 0 radical (unpaired) electrons. The van der Waals surface area contributed by atoms with Gasteiger partial charge in [-0.2, -0.15) is 0 Å². The van der Waals surface area contributed by atoms with E-state index in [1.165, 1.54) is 11.1 Å². The molecule has 0 saturated carbocycles. The Balaban J connectivity index is 1.86. The van der Waals surface area contributed by atoms with Crippen LogP contribution < -0.4 is 10.6 Å². The second kappa shape index (κ2) is 4.80. The summed E-state index contributed by atoms with van der Waals surface area (Å²) in [6, 6.07) is 4.02. The highest BCUT2D eigenvalue weighted by atomic mass is 16.2. The lowest BCUT2D eigenvalue weighted by molar-refractivity contribution is -0.119. The van der Waals surface area contributed by atoms with Crippen molar-refractivity contribution in [3.8, 4) is 0 Å². The van der Waals surface area contributed by atoms with E-state index in [1.54, 1.807) is 4.90 Å². The number of unbranched alkanes of at least 4 members (excludes halogenated alkanes) is 1. The summed E-state index contributed by atoms with van der Waals surface area (Å²) in [6.07, 6.45) is 2.23. The van der Waals surface area contributed by atoms with Crippen molar-refractivity contribution in [1.29, 1.82) is 0 Å². The number of nitrogens with two attached hydrogens (primary N) is 1. The zero-order valence-corrected chi connectivity index (χ0v) is 10.8. The molecule has 1 aromatic rings. The summed E-state index contributed by atoms with van der Waals surface area (Å²) in [5.74, 6) is -0.188. The minimum atomic E-state index is -0.302. The van der Waals surface area contributed by atoms with E-state index in [2.05, 4.69) is 0 Å². The van der Waals surface area contributed by atoms with Crippen molar-refractivity contribution >= 4 is 23.2 Å². The molecule has 1 aliphatic rings. The monoisotopic (exact) mass is 246 g/mol. The van der Waals surface area contributed by atoms with Gasteiger partial charge in [-0.05, 0) is 43.9 Å². The van der Waals surface area contributed by atoms with Crippen molar-refractivity contribution < 1.29 is 9.59 Å². The predicted molar refractivity (Wildman–Crippen MR) is 70.7 cm³/mol. The summed E-state index contributed by atoms with van der Waals surface area (Å²) in [4.78, 5) is 24.3. The van der Waals surface area contributed by atoms with Crippen molar-refractivity contribution in [2.75, 3.05) is 4.90 Å². The lowest BCUT2D eigenvalue weighted by Crippen LogP contribution is -2.14. The van der Waals surface area contributed by atoms with Gasteiger partial charge in [-0.25, -0.2) is 0 Å². The van der Waals surface area contributed by atoms with Gasteiger partial charge in [-0.3, -0.25) is 14.5 Å².